The molecule has 12 heteroatoms. The largest absolute Gasteiger partial charge is 0.416 e. The minimum absolute atomic E-state index is 0.0121. The lowest BCUT2D eigenvalue weighted by Gasteiger charge is -2.47. The summed E-state index contributed by atoms with van der Waals surface area (Å²) in [7, 11) is -1.54. The van der Waals surface area contributed by atoms with Gasteiger partial charge in [-0.1, -0.05) is 0 Å². The van der Waals surface area contributed by atoms with Crippen LogP contribution >= 0.6 is 0 Å². The molecular weight excluding hydrogens is 483 g/mol. The van der Waals surface area contributed by atoms with Crippen molar-refractivity contribution in [2.75, 3.05) is 38.3 Å². The lowest BCUT2D eigenvalue weighted by atomic mass is 9.85. The van der Waals surface area contributed by atoms with Gasteiger partial charge in [0.25, 0.3) is 0 Å². The smallest absolute Gasteiger partial charge is 0.362 e. The van der Waals surface area contributed by atoms with Crippen molar-refractivity contribution in [3.8, 4) is 0 Å². The van der Waals surface area contributed by atoms with Crippen LogP contribution in [-0.4, -0.2) is 78.4 Å². The molecule has 0 radical (unpaired) electrons. The molecule has 0 spiro atoms. The minimum atomic E-state index is -4.48. The summed E-state index contributed by atoms with van der Waals surface area (Å²) in [6, 6.07) is 3.73. The zero-order valence-corrected chi connectivity index (χ0v) is 20.6. The predicted octanol–water partition coefficient (Wildman–Crippen LogP) is 3.15. The fourth-order valence-electron chi connectivity index (χ4n) is 5.05. The molecule has 1 aromatic heterocycles. The molecule has 1 N–H and O–H groups in total. The highest BCUT2D eigenvalue weighted by atomic mass is 32.2. The number of rotatable bonds is 8. The number of halogens is 3. The Morgan fingerprint density at radius 2 is 1.86 bits per heavy atom. The van der Waals surface area contributed by atoms with E-state index in [1.165, 1.54) is 23.0 Å². The summed E-state index contributed by atoms with van der Waals surface area (Å²) >= 11 is 0. The van der Waals surface area contributed by atoms with E-state index in [9.17, 15) is 26.4 Å². The van der Waals surface area contributed by atoms with Crippen LogP contribution < -0.4 is 5.32 Å². The van der Waals surface area contributed by atoms with Crippen molar-refractivity contribution < 1.29 is 26.4 Å². The summed E-state index contributed by atoms with van der Waals surface area (Å²) in [5.41, 5.74) is -0.421. The summed E-state index contributed by atoms with van der Waals surface area (Å²) in [4.78, 5) is 22.9. The minimum Gasteiger partial charge on any atom is -0.362 e. The number of sulfonamides is 1. The molecule has 2 fully saturated rings. The summed E-state index contributed by atoms with van der Waals surface area (Å²) < 4.78 is 64.2. The molecular formula is C23H30F3N5O3S. The topological polar surface area (TPSA) is 95.5 Å². The van der Waals surface area contributed by atoms with Crippen LogP contribution in [0.5, 0.6) is 0 Å². The van der Waals surface area contributed by atoms with Crippen molar-refractivity contribution in [1.82, 2.24) is 19.2 Å². The Balaban J connectivity index is 1.24. The second-order valence-corrected chi connectivity index (χ2v) is 11.7. The first-order valence-electron chi connectivity index (χ1n) is 11.7. The van der Waals surface area contributed by atoms with Crippen LogP contribution in [0.25, 0.3) is 10.9 Å². The maximum atomic E-state index is 13.1. The number of benzene rings is 1. The van der Waals surface area contributed by atoms with E-state index in [-0.39, 0.29) is 35.5 Å². The number of carbonyl (C=O) groups is 1. The van der Waals surface area contributed by atoms with E-state index in [4.69, 9.17) is 0 Å². The van der Waals surface area contributed by atoms with Crippen LogP contribution in [0.3, 0.4) is 0 Å². The highest BCUT2D eigenvalue weighted by Crippen LogP contribution is 2.33. The van der Waals surface area contributed by atoms with Crippen molar-refractivity contribution in [2.45, 2.75) is 50.4 Å². The average molecular weight is 514 g/mol. The zero-order valence-electron chi connectivity index (χ0n) is 19.8. The van der Waals surface area contributed by atoms with Gasteiger partial charge in [-0.25, -0.2) is 22.7 Å². The molecule has 1 aliphatic carbocycles. The number of ketones is 1. The Kier molecular flexibility index (Phi) is 7.35. The normalized spacial score (nSPS) is 22.3. The van der Waals surface area contributed by atoms with Crippen molar-refractivity contribution in [3.05, 3.63) is 30.1 Å². The molecule has 0 atom stereocenters. The monoisotopic (exact) mass is 513 g/mol. The first kappa shape index (κ1) is 25.8. The first-order chi connectivity index (χ1) is 16.4. The zero-order chi connectivity index (χ0) is 25.4. The van der Waals surface area contributed by atoms with Crippen LogP contribution in [0.15, 0.2) is 24.5 Å². The fraction of sp³-hybridized carbons (Fsp3) is 0.609. The Morgan fingerprint density at radius 1 is 1.17 bits per heavy atom. The molecule has 192 valence electrons. The Bertz CT molecular complexity index is 1180. The maximum absolute atomic E-state index is 13.1. The number of nitrogens with zero attached hydrogens (tertiary/aromatic N) is 4. The standard InChI is InChI=1S/C23H30F3N5O3S/c1-30(35(2,33)34)17-4-6-18(7-5-17)31-12-15(13-31)9-19(32)11-27-22-20-10-16(23(24,25)26)3-8-21(20)28-14-29-22/h3,8,10,14-15,17-18H,4-7,9,11-13H2,1-2H3,(H,27,28,29). The highest BCUT2D eigenvalue weighted by molar-refractivity contribution is 7.88. The molecule has 0 amide bonds. The number of anilines is 1. The Morgan fingerprint density at radius 3 is 2.49 bits per heavy atom. The van der Waals surface area contributed by atoms with Gasteiger partial charge in [0, 0.05) is 44.0 Å². The lowest BCUT2D eigenvalue weighted by Crippen LogP contribution is -2.54. The predicted molar refractivity (Wildman–Crippen MR) is 126 cm³/mol. The number of alkyl halides is 3. The van der Waals surface area contributed by atoms with Crippen LogP contribution in [-0.2, 0) is 21.0 Å². The number of hydrogen-bond donors (Lipinski definition) is 1. The van der Waals surface area contributed by atoms with E-state index in [0.29, 0.717) is 18.0 Å². The van der Waals surface area contributed by atoms with Crippen molar-refractivity contribution in [3.63, 3.8) is 0 Å². The van der Waals surface area contributed by atoms with Crippen LogP contribution in [0.4, 0.5) is 19.0 Å². The molecule has 35 heavy (non-hydrogen) atoms. The molecule has 2 aliphatic rings. The van der Waals surface area contributed by atoms with E-state index in [1.54, 1.807) is 7.05 Å². The number of likely N-dealkylation sites (tertiary alicyclic amines) is 1. The molecule has 1 aromatic carbocycles. The number of carbonyl (C=O) groups excluding carboxylic acids is 1. The fourth-order valence-corrected chi connectivity index (χ4v) is 5.80. The third-order valence-corrected chi connectivity index (χ3v) is 8.48. The van der Waals surface area contributed by atoms with Crippen molar-refractivity contribution in [1.29, 1.82) is 0 Å². The van der Waals surface area contributed by atoms with Gasteiger partial charge in [-0.3, -0.25) is 9.69 Å². The maximum Gasteiger partial charge on any atom is 0.416 e. The molecule has 0 bridgehead atoms. The van der Waals surface area contributed by atoms with Crippen LogP contribution in [0.1, 0.15) is 37.7 Å². The molecule has 8 nitrogen and oxygen atoms in total. The summed E-state index contributed by atoms with van der Waals surface area (Å²) in [5, 5.41) is 3.11. The second-order valence-electron chi connectivity index (χ2n) is 9.61. The van der Waals surface area contributed by atoms with E-state index < -0.39 is 21.8 Å². The Labute approximate surface area is 203 Å². The molecule has 4 rings (SSSR count). The van der Waals surface area contributed by atoms with E-state index in [0.717, 1.165) is 50.9 Å². The third-order valence-electron chi connectivity index (χ3n) is 7.14. The number of nitrogens with one attached hydrogen (secondary N) is 1. The highest BCUT2D eigenvalue weighted by Gasteiger charge is 2.37. The van der Waals surface area contributed by atoms with Crippen molar-refractivity contribution in [2.24, 2.45) is 5.92 Å². The van der Waals surface area contributed by atoms with Crippen LogP contribution in [0, 0.1) is 5.92 Å². The average Bonchev–Trinajstić information content (AvgIpc) is 2.78. The van der Waals surface area contributed by atoms with Gasteiger partial charge in [-0.2, -0.15) is 13.2 Å². The lowest BCUT2D eigenvalue weighted by molar-refractivity contribution is -0.137. The number of Topliss-reactive ketones (excluding diaryl/α,β-unsaturated/α-hetero) is 1. The van der Waals surface area contributed by atoms with Crippen molar-refractivity contribution >= 4 is 32.5 Å². The molecule has 0 unspecified atom stereocenters. The van der Waals surface area contributed by atoms with Gasteiger partial charge in [0.1, 0.15) is 12.1 Å². The van der Waals surface area contributed by atoms with E-state index in [1.807, 2.05) is 0 Å². The summed E-state index contributed by atoms with van der Waals surface area (Å²) in [6.07, 6.45) is 1.96. The van der Waals surface area contributed by atoms with Gasteiger partial charge >= 0.3 is 6.18 Å². The van der Waals surface area contributed by atoms with Gasteiger partial charge in [-0.05, 0) is 49.8 Å². The molecule has 1 saturated carbocycles. The van der Waals surface area contributed by atoms with Gasteiger partial charge in [0.15, 0.2) is 5.78 Å². The number of fused-ring (bicyclic) bond motifs is 1. The summed E-state index contributed by atoms with van der Waals surface area (Å²) in [6.45, 7) is 1.64. The van der Waals surface area contributed by atoms with E-state index >= 15 is 0 Å². The van der Waals surface area contributed by atoms with E-state index in [2.05, 4.69) is 20.2 Å². The molecule has 1 saturated heterocycles. The molecule has 2 aromatic rings. The molecule has 1 aliphatic heterocycles. The Hall–Kier alpha value is -2.31. The summed E-state index contributed by atoms with van der Waals surface area (Å²) in [5.74, 6) is 0.437. The third kappa shape index (κ3) is 6.10. The van der Waals surface area contributed by atoms with Gasteiger partial charge < -0.3 is 5.32 Å². The number of hydrogen-bond acceptors (Lipinski definition) is 7. The molecule has 2 heterocycles. The van der Waals surface area contributed by atoms with Gasteiger partial charge in [0.2, 0.25) is 10.0 Å². The van der Waals surface area contributed by atoms with Gasteiger partial charge in [-0.15, -0.1) is 0 Å². The quantitative estimate of drug-likeness (QED) is 0.579. The first-order valence-corrected chi connectivity index (χ1v) is 13.5. The van der Waals surface area contributed by atoms with Crippen LogP contribution in [0.2, 0.25) is 0 Å². The SMILES string of the molecule is CN(C1CCC(N2CC(CC(=O)CNc3ncnc4ccc(C(F)(F)F)cc34)C2)CC1)S(C)(=O)=O. The number of aromatic nitrogens is 2. The van der Waals surface area contributed by atoms with Gasteiger partial charge in [0.05, 0.1) is 23.9 Å². The second kappa shape index (κ2) is 9.98.